The van der Waals surface area contributed by atoms with Gasteiger partial charge in [-0.25, -0.2) is 0 Å². The molecule has 2 aromatic rings. The summed E-state index contributed by atoms with van der Waals surface area (Å²) < 4.78 is 5.69. The molecule has 2 rings (SSSR count). The zero-order valence-electron chi connectivity index (χ0n) is 18.2. The van der Waals surface area contributed by atoms with Gasteiger partial charge in [0.25, 0.3) is 5.91 Å². The quantitative estimate of drug-likeness (QED) is 0.521. The molecule has 7 heteroatoms. The molecule has 0 aliphatic carbocycles. The first kappa shape index (κ1) is 24.3. The number of carbonyl (C=O) groups is 2. The minimum Gasteiger partial charge on any atom is -0.494 e. The Morgan fingerprint density at radius 1 is 1.06 bits per heavy atom. The Balaban J connectivity index is 1.93. The molecule has 31 heavy (non-hydrogen) atoms. The summed E-state index contributed by atoms with van der Waals surface area (Å²) in [6.07, 6.45) is 1.87. The lowest BCUT2D eigenvalue weighted by Gasteiger charge is -2.25. The fourth-order valence-corrected chi connectivity index (χ4v) is 3.11. The molecule has 0 radical (unpaired) electrons. The molecule has 2 aromatic carbocycles. The number of hydrogen-bond acceptors (Lipinski definition) is 4. The highest BCUT2D eigenvalue weighted by molar-refractivity contribution is 7.80. The van der Waals surface area contributed by atoms with Crippen LogP contribution in [0.1, 0.15) is 42.6 Å². The largest absolute Gasteiger partial charge is 0.494 e. The molecular formula is C24H31N3O3S. The lowest BCUT2D eigenvalue weighted by molar-refractivity contribution is -0.118. The van der Waals surface area contributed by atoms with Crippen molar-refractivity contribution >= 4 is 29.1 Å². The molecule has 0 bridgehead atoms. The summed E-state index contributed by atoms with van der Waals surface area (Å²) >= 11 is 5.44. The van der Waals surface area contributed by atoms with E-state index >= 15 is 0 Å². The van der Waals surface area contributed by atoms with Crippen molar-refractivity contribution in [1.29, 1.82) is 0 Å². The number of amides is 2. The van der Waals surface area contributed by atoms with Crippen LogP contribution in [0.25, 0.3) is 0 Å². The van der Waals surface area contributed by atoms with Gasteiger partial charge >= 0.3 is 0 Å². The van der Waals surface area contributed by atoms with Crippen molar-refractivity contribution in [3.05, 3.63) is 65.7 Å². The minimum atomic E-state index is -0.410. The number of rotatable bonds is 11. The van der Waals surface area contributed by atoms with Gasteiger partial charge in [0.2, 0.25) is 5.91 Å². The van der Waals surface area contributed by atoms with Crippen LogP contribution in [0.4, 0.5) is 0 Å². The molecule has 0 saturated carbocycles. The fraction of sp³-hybridized carbons (Fsp3) is 0.375. The number of ether oxygens (including phenoxy) is 1. The van der Waals surface area contributed by atoms with Crippen LogP contribution in [-0.2, 0) is 11.2 Å². The Bertz CT molecular complexity index is 854. The molecule has 0 saturated heterocycles. The van der Waals surface area contributed by atoms with Crippen LogP contribution in [0.15, 0.2) is 54.6 Å². The van der Waals surface area contributed by atoms with Crippen molar-refractivity contribution in [2.24, 2.45) is 11.7 Å². The van der Waals surface area contributed by atoms with Gasteiger partial charge in [-0.1, -0.05) is 44.2 Å². The third kappa shape index (κ3) is 9.17. The van der Waals surface area contributed by atoms with Gasteiger partial charge in [-0.3, -0.25) is 14.9 Å². The number of nitrogens with one attached hydrogen (secondary N) is 1. The maximum absolute atomic E-state index is 12.6. The summed E-state index contributed by atoms with van der Waals surface area (Å²) in [4.78, 5) is 25.7. The summed E-state index contributed by atoms with van der Waals surface area (Å²) in [5, 5.41) is 3.04. The molecule has 2 amide bonds. The number of benzene rings is 2. The Hall–Kier alpha value is -2.93. The van der Waals surface area contributed by atoms with Gasteiger partial charge in [-0.15, -0.1) is 0 Å². The highest BCUT2D eigenvalue weighted by atomic mass is 32.1. The first-order valence-corrected chi connectivity index (χ1v) is 10.9. The summed E-state index contributed by atoms with van der Waals surface area (Å²) in [7, 11) is 0. The van der Waals surface area contributed by atoms with Crippen LogP contribution >= 0.6 is 12.2 Å². The molecule has 0 heterocycles. The Labute approximate surface area is 189 Å². The van der Waals surface area contributed by atoms with Crippen LogP contribution < -0.4 is 15.8 Å². The number of hydrogen-bond donors (Lipinski definition) is 2. The SMILES string of the molecule is CC(C)CCOc1ccc(C(=O)NC(=S)N(CCC(N)=O)CCc2ccccc2)cc1. The molecule has 0 atom stereocenters. The summed E-state index contributed by atoms with van der Waals surface area (Å²) in [6.45, 7) is 5.85. The smallest absolute Gasteiger partial charge is 0.257 e. The van der Waals surface area contributed by atoms with Crippen molar-refractivity contribution in [1.82, 2.24) is 10.2 Å². The van der Waals surface area contributed by atoms with Crippen LogP contribution in [0, 0.1) is 5.92 Å². The Morgan fingerprint density at radius 2 is 1.74 bits per heavy atom. The van der Waals surface area contributed by atoms with Crippen LogP contribution in [0.3, 0.4) is 0 Å². The molecule has 0 fully saturated rings. The van der Waals surface area contributed by atoms with E-state index in [-0.39, 0.29) is 17.4 Å². The minimum absolute atomic E-state index is 0.160. The van der Waals surface area contributed by atoms with Crippen molar-refractivity contribution < 1.29 is 14.3 Å². The predicted octanol–water partition coefficient (Wildman–Crippen LogP) is 3.55. The molecule has 0 unspecified atom stereocenters. The molecular weight excluding hydrogens is 410 g/mol. The van der Waals surface area contributed by atoms with E-state index in [0.717, 1.165) is 24.2 Å². The van der Waals surface area contributed by atoms with E-state index in [1.807, 2.05) is 30.3 Å². The number of carbonyl (C=O) groups excluding carboxylic acids is 2. The van der Waals surface area contributed by atoms with E-state index < -0.39 is 5.91 Å². The summed E-state index contributed by atoms with van der Waals surface area (Å²) in [5.41, 5.74) is 6.93. The third-order valence-corrected chi connectivity index (χ3v) is 5.09. The number of thiocarbonyl (C=S) groups is 1. The number of nitrogens with two attached hydrogens (primary N) is 1. The molecule has 0 aromatic heterocycles. The molecule has 0 aliphatic heterocycles. The summed E-state index contributed by atoms with van der Waals surface area (Å²) in [6, 6.07) is 16.9. The van der Waals surface area contributed by atoms with Gasteiger partial charge in [-0.2, -0.15) is 0 Å². The van der Waals surface area contributed by atoms with Crippen molar-refractivity contribution in [3.63, 3.8) is 0 Å². The average Bonchev–Trinajstić information content (AvgIpc) is 2.74. The van der Waals surface area contributed by atoms with E-state index in [1.165, 1.54) is 0 Å². The van der Waals surface area contributed by atoms with Gasteiger partial charge in [0.05, 0.1) is 6.61 Å². The summed E-state index contributed by atoms with van der Waals surface area (Å²) in [5.74, 6) is 0.589. The first-order valence-electron chi connectivity index (χ1n) is 10.5. The third-order valence-electron chi connectivity index (χ3n) is 4.73. The molecule has 6 nitrogen and oxygen atoms in total. The number of primary amides is 1. The van der Waals surface area contributed by atoms with Crippen molar-refractivity contribution in [2.45, 2.75) is 33.1 Å². The van der Waals surface area contributed by atoms with E-state index in [0.29, 0.717) is 31.2 Å². The second-order valence-corrected chi connectivity index (χ2v) is 8.14. The molecule has 166 valence electrons. The second-order valence-electron chi connectivity index (χ2n) is 7.75. The Kier molecular flexibility index (Phi) is 9.97. The maximum atomic E-state index is 12.6. The monoisotopic (exact) mass is 441 g/mol. The topological polar surface area (TPSA) is 84.7 Å². The van der Waals surface area contributed by atoms with Crippen LogP contribution in [0.5, 0.6) is 5.75 Å². The highest BCUT2D eigenvalue weighted by Crippen LogP contribution is 2.13. The lowest BCUT2D eigenvalue weighted by Crippen LogP contribution is -2.44. The molecule has 0 aliphatic rings. The van der Waals surface area contributed by atoms with Gasteiger partial charge in [0, 0.05) is 25.1 Å². The van der Waals surface area contributed by atoms with E-state index in [4.69, 9.17) is 22.7 Å². The van der Waals surface area contributed by atoms with E-state index in [1.54, 1.807) is 29.2 Å². The van der Waals surface area contributed by atoms with Gasteiger partial charge in [0.15, 0.2) is 5.11 Å². The average molecular weight is 442 g/mol. The van der Waals surface area contributed by atoms with Gasteiger partial charge in [-0.05, 0) is 60.8 Å². The Morgan fingerprint density at radius 3 is 2.35 bits per heavy atom. The van der Waals surface area contributed by atoms with E-state index in [2.05, 4.69) is 19.2 Å². The van der Waals surface area contributed by atoms with E-state index in [9.17, 15) is 9.59 Å². The van der Waals surface area contributed by atoms with Crippen molar-refractivity contribution in [2.75, 3.05) is 19.7 Å². The van der Waals surface area contributed by atoms with Gasteiger partial charge in [0.1, 0.15) is 5.75 Å². The number of nitrogens with zero attached hydrogens (tertiary/aromatic N) is 1. The lowest BCUT2D eigenvalue weighted by atomic mass is 10.1. The molecule has 0 spiro atoms. The van der Waals surface area contributed by atoms with Crippen LogP contribution in [-0.4, -0.2) is 41.5 Å². The second kappa shape index (κ2) is 12.7. The zero-order valence-corrected chi connectivity index (χ0v) is 19.0. The normalized spacial score (nSPS) is 10.5. The fourth-order valence-electron chi connectivity index (χ4n) is 2.83. The highest BCUT2D eigenvalue weighted by Gasteiger charge is 2.15. The van der Waals surface area contributed by atoms with Gasteiger partial charge < -0.3 is 15.4 Å². The predicted molar refractivity (Wildman–Crippen MR) is 127 cm³/mol. The molecule has 3 N–H and O–H groups in total. The zero-order chi connectivity index (χ0) is 22.6. The first-order chi connectivity index (χ1) is 14.8. The van der Waals surface area contributed by atoms with Crippen LogP contribution in [0.2, 0.25) is 0 Å². The maximum Gasteiger partial charge on any atom is 0.257 e. The van der Waals surface area contributed by atoms with Crippen molar-refractivity contribution in [3.8, 4) is 5.75 Å². The standard InChI is InChI=1S/C24H31N3O3S/c1-18(2)14-17-30-21-10-8-20(9-11-21)23(29)26-24(31)27(16-13-22(25)28)15-12-19-6-4-3-5-7-19/h3-11,18H,12-17H2,1-2H3,(H2,25,28)(H,26,29,31).